The zero-order chi connectivity index (χ0) is 21.6. The van der Waals surface area contributed by atoms with Crippen LogP contribution in [0.15, 0.2) is 65.7 Å². The van der Waals surface area contributed by atoms with Gasteiger partial charge in [-0.05, 0) is 23.7 Å². The Morgan fingerprint density at radius 3 is 2.58 bits per heavy atom. The largest absolute Gasteiger partial charge is 0.351 e. The number of nitriles is 1. The number of carbonyl (C=O) groups is 1. The number of rotatable bonds is 6. The smallest absolute Gasteiger partial charge is 0.230 e. The van der Waals surface area contributed by atoms with E-state index in [1.807, 2.05) is 60.7 Å². The fourth-order valence-electron chi connectivity index (χ4n) is 3.78. The minimum Gasteiger partial charge on any atom is -0.351 e. The molecule has 6 heteroatoms. The Morgan fingerprint density at radius 2 is 1.87 bits per heavy atom. The fraction of sp³-hybridized carbons (Fsp3) is 0.240. The summed E-state index contributed by atoms with van der Waals surface area (Å²) in [5.74, 6) is 0.153. The van der Waals surface area contributed by atoms with Crippen molar-refractivity contribution in [3.05, 3.63) is 83.0 Å². The first-order valence-electron chi connectivity index (χ1n) is 10.3. The minimum atomic E-state index is -0.0711. The van der Waals surface area contributed by atoms with Crippen molar-refractivity contribution >= 4 is 17.7 Å². The molecule has 1 N–H and O–H groups in total. The summed E-state index contributed by atoms with van der Waals surface area (Å²) in [4.78, 5) is 19.5. The van der Waals surface area contributed by atoms with Gasteiger partial charge in [-0.2, -0.15) is 5.26 Å². The van der Waals surface area contributed by atoms with Crippen molar-refractivity contribution in [2.45, 2.75) is 24.5 Å². The Bertz CT molecular complexity index is 1110. The van der Waals surface area contributed by atoms with Crippen molar-refractivity contribution < 1.29 is 4.79 Å². The van der Waals surface area contributed by atoms with Gasteiger partial charge in [-0.15, -0.1) is 0 Å². The number of likely N-dealkylation sites (N-methyl/N-ethyl adjacent to an activating group) is 1. The Labute approximate surface area is 187 Å². The molecule has 0 aliphatic carbocycles. The maximum Gasteiger partial charge on any atom is 0.230 e. The quantitative estimate of drug-likeness (QED) is 0.601. The molecule has 5 nitrogen and oxygen atoms in total. The summed E-state index contributed by atoms with van der Waals surface area (Å²) in [6.45, 7) is 2.19. The Balaban J connectivity index is 1.59. The van der Waals surface area contributed by atoms with Crippen LogP contribution in [0.1, 0.15) is 22.4 Å². The molecule has 1 aromatic heterocycles. The van der Waals surface area contributed by atoms with Gasteiger partial charge in [0.2, 0.25) is 5.91 Å². The van der Waals surface area contributed by atoms with E-state index < -0.39 is 0 Å². The van der Waals surface area contributed by atoms with Gasteiger partial charge in [0.15, 0.2) is 0 Å². The van der Waals surface area contributed by atoms with E-state index in [0.29, 0.717) is 17.1 Å². The molecule has 2 heterocycles. The third-order valence-electron chi connectivity index (χ3n) is 5.36. The summed E-state index contributed by atoms with van der Waals surface area (Å²) in [6.07, 6.45) is 0.838. The Kier molecular flexibility index (Phi) is 6.66. The molecule has 0 saturated carbocycles. The van der Waals surface area contributed by atoms with Gasteiger partial charge in [-0.25, -0.2) is 4.98 Å². The number of thioether (sulfide) groups is 1. The molecule has 0 unspecified atom stereocenters. The van der Waals surface area contributed by atoms with Gasteiger partial charge in [0.25, 0.3) is 0 Å². The molecule has 31 heavy (non-hydrogen) atoms. The van der Waals surface area contributed by atoms with Crippen molar-refractivity contribution in [3.63, 3.8) is 0 Å². The maximum absolute atomic E-state index is 12.4. The van der Waals surface area contributed by atoms with E-state index in [2.05, 4.69) is 23.3 Å². The predicted molar refractivity (Wildman–Crippen MR) is 123 cm³/mol. The highest BCUT2D eigenvalue weighted by Gasteiger charge is 2.25. The topological polar surface area (TPSA) is 69.0 Å². The van der Waals surface area contributed by atoms with Crippen LogP contribution < -0.4 is 5.32 Å². The highest BCUT2D eigenvalue weighted by Crippen LogP contribution is 2.36. The molecule has 0 bridgehead atoms. The lowest BCUT2D eigenvalue weighted by Gasteiger charge is -2.28. The van der Waals surface area contributed by atoms with Gasteiger partial charge in [0.05, 0.1) is 11.3 Å². The number of aromatic nitrogens is 1. The minimum absolute atomic E-state index is 0.0711. The second-order valence-electron chi connectivity index (χ2n) is 7.61. The summed E-state index contributed by atoms with van der Waals surface area (Å²) in [6, 6.07) is 22.2. The Morgan fingerprint density at radius 1 is 1.16 bits per heavy atom. The molecule has 1 amide bonds. The van der Waals surface area contributed by atoms with E-state index in [1.54, 1.807) is 0 Å². The van der Waals surface area contributed by atoms with Gasteiger partial charge < -0.3 is 10.2 Å². The zero-order valence-corrected chi connectivity index (χ0v) is 18.3. The summed E-state index contributed by atoms with van der Waals surface area (Å²) < 4.78 is 0. The van der Waals surface area contributed by atoms with Crippen LogP contribution in [-0.4, -0.2) is 35.1 Å². The van der Waals surface area contributed by atoms with Crippen molar-refractivity contribution in [2.75, 3.05) is 19.3 Å². The van der Waals surface area contributed by atoms with Crippen LogP contribution in [-0.2, 0) is 24.3 Å². The molecule has 0 spiro atoms. The van der Waals surface area contributed by atoms with E-state index in [0.717, 1.165) is 47.5 Å². The highest BCUT2D eigenvalue weighted by atomic mass is 32.2. The summed E-state index contributed by atoms with van der Waals surface area (Å²) in [5, 5.41) is 13.6. The summed E-state index contributed by atoms with van der Waals surface area (Å²) in [5.41, 5.74) is 5.73. The second kappa shape index (κ2) is 9.78. The van der Waals surface area contributed by atoms with Gasteiger partial charge >= 0.3 is 0 Å². The third kappa shape index (κ3) is 4.96. The molecule has 1 aliphatic heterocycles. The van der Waals surface area contributed by atoms with Crippen LogP contribution in [0, 0.1) is 11.3 Å². The molecule has 0 fully saturated rings. The number of benzene rings is 2. The molecule has 2 aromatic carbocycles. The number of nitrogens with one attached hydrogen (secondary N) is 1. The molecule has 0 atom stereocenters. The lowest BCUT2D eigenvalue weighted by atomic mass is 9.92. The van der Waals surface area contributed by atoms with Gasteiger partial charge in [-0.3, -0.25) is 4.79 Å². The van der Waals surface area contributed by atoms with Crippen LogP contribution in [0.5, 0.6) is 0 Å². The lowest BCUT2D eigenvalue weighted by molar-refractivity contribution is -0.118. The average Bonchev–Trinajstić information content (AvgIpc) is 2.81. The first-order valence-corrected chi connectivity index (χ1v) is 11.3. The monoisotopic (exact) mass is 428 g/mol. The standard InChI is InChI=1S/C25H24N4OS/c1-29-13-12-22-21(16-29)24(19-10-6-3-7-11-19)20(14-26)25(28-22)31-17-23(30)27-15-18-8-4-2-5-9-18/h2-11H,12-13,15-17H2,1H3,(H,27,30). The van der Waals surface area contributed by atoms with Gasteiger partial charge in [-0.1, -0.05) is 72.4 Å². The summed E-state index contributed by atoms with van der Waals surface area (Å²) in [7, 11) is 2.09. The van der Waals surface area contributed by atoms with Crippen LogP contribution >= 0.6 is 11.8 Å². The molecular formula is C25H24N4OS. The van der Waals surface area contributed by atoms with Crippen LogP contribution in [0.3, 0.4) is 0 Å². The number of nitrogens with zero attached hydrogens (tertiary/aromatic N) is 3. The number of pyridine rings is 1. The molecule has 1 aliphatic rings. The average molecular weight is 429 g/mol. The second-order valence-corrected chi connectivity index (χ2v) is 8.57. The van der Waals surface area contributed by atoms with E-state index in [9.17, 15) is 10.1 Å². The zero-order valence-electron chi connectivity index (χ0n) is 17.5. The molecule has 4 rings (SSSR count). The molecule has 0 radical (unpaired) electrons. The normalized spacial score (nSPS) is 13.3. The summed E-state index contributed by atoms with van der Waals surface area (Å²) >= 11 is 1.34. The van der Waals surface area contributed by atoms with E-state index >= 15 is 0 Å². The number of amides is 1. The van der Waals surface area contributed by atoms with Crippen LogP contribution in [0.25, 0.3) is 11.1 Å². The van der Waals surface area contributed by atoms with E-state index in [-0.39, 0.29) is 11.7 Å². The molecule has 0 saturated heterocycles. The van der Waals surface area contributed by atoms with Crippen molar-refractivity contribution in [1.29, 1.82) is 5.26 Å². The van der Waals surface area contributed by atoms with Crippen molar-refractivity contribution in [3.8, 4) is 17.2 Å². The van der Waals surface area contributed by atoms with Crippen molar-refractivity contribution in [2.24, 2.45) is 0 Å². The van der Waals surface area contributed by atoms with Crippen LogP contribution in [0.2, 0.25) is 0 Å². The Hall–Kier alpha value is -3.14. The first-order chi connectivity index (χ1) is 15.2. The number of hydrogen-bond acceptors (Lipinski definition) is 5. The van der Waals surface area contributed by atoms with Gasteiger partial charge in [0, 0.05) is 37.3 Å². The SMILES string of the molecule is CN1CCc2nc(SCC(=O)NCc3ccccc3)c(C#N)c(-c3ccccc3)c2C1. The highest BCUT2D eigenvalue weighted by molar-refractivity contribution is 8.00. The fourth-order valence-corrected chi connectivity index (χ4v) is 4.62. The molecule has 3 aromatic rings. The number of hydrogen-bond donors (Lipinski definition) is 1. The van der Waals surface area contributed by atoms with E-state index in [1.165, 1.54) is 11.8 Å². The first kappa shape index (κ1) is 21.1. The lowest BCUT2D eigenvalue weighted by Crippen LogP contribution is -2.28. The maximum atomic E-state index is 12.4. The third-order valence-corrected chi connectivity index (χ3v) is 6.33. The van der Waals surface area contributed by atoms with Gasteiger partial charge in [0.1, 0.15) is 11.1 Å². The number of fused-ring (bicyclic) bond motifs is 1. The molecule has 156 valence electrons. The van der Waals surface area contributed by atoms with Crippen molar-refractivity contribution in [1.82, 2.24) is 15.2 Å². The van der Waals surface area contributed by atoms with Crippen LogP contribution in [0.4, 0.5) is 0 Å². The predicted octanol–water partition coefficient (Wildman–Crippen LogP) is 4.02. The molecular weight excluding hydrogens is 404 g/mol. The number of carbonyl (C=O) groups excluding carboxylic acids is 1. The van der Waals surface area contributed by atoms with E-state index in [4.69, 9.17) is 4.98 Å².